The molecule has 1 heterocycles. The Balaban J connectivity index is 3.10. The van der Waals surface area contributed by atoms with Gasteiger partial charge in [0.05, 0.1) is 16.1 Å². The number of nitrogens with zero attached hydrogens (tertiary/aromatic N) is 2. The van der Waals surface area contributed by atoms with Crippen molar-refractivity contribution in [1.82, 2.24) is 8.34 Å². The fourth-order valence-electron chi connectivity index (χ4n) is 1.45. The number of urea groups is 1. The number of amides is 3. The van der Waals surface area contributed by atoms with E-state index in [4.69, 9.17) is 11.8 Å². The predicted molar refractivity (Wildman–Crippen MR) is 56.7 cm³/mol. The summed E-state index contributed by atoms with van der Waals surface area (Å²) in [7, 11) is 0. The number of imide groups is 1. The Morgan fingerprint density at radius 3 is 2.36 bits per heavy atom. The number of halogens is 2. The summed E-state index contributed by atoms with van der Waals surface area (Å²) in [5.74, 6) is -0.300. The molecule has 0 radical (unpaired) electrons. The van der Waals surface area contributed by atoms with Crippen LogP contribution in [-0.2, 0) is 4.79 Å². The molecule has 1 aliphatic rings. The van der Waals surface area contributed by atoms with Gasteiger partial charge < -0.3 is 0 Å². The molecule has 6 heteroatoms. The van der Waals surface area contributed by atoms with E-state index in [1.54, 1.807) is 6.92 Å². The molecule has 3 amide bonds. The standard InChI is InChI=1S/C8H12BrClN2O2/c1-4-5(2)8(3)6(13)11(9)7(14)12(8)10/h5H,4H2,1-3H3. The van der Waals surface area contributed by atoms with Crippen molar-refractivity contribution in [3.63, 3.8) is 0 Å². The van der Waals surface area contributed by atoms with Crippen molar-refractivity contribution in [2.45, 2.75) is 32.7 Å². The number of rotatable bonds is 2. The zero-order chi connectivity index (χ0) is 11.1. The van der Waals surface area contributed by atoms with E-state index in [0.717, 1.165) is 14.8 Å². The Kier molecular flexibility index (Phi) is 3.11. The molecular formula is C8H12BrClN2O2. The van der Waals surface area contributed by atoms with Gasteiger partial charge in [0, 0.05) is 11.8 Å². The molecule has 0 aromatic carbocycles. The molecule has 2 unspecified atom stereocenters. The van der Waals surface area contributed by atoms with Crippen LogP contribution in [0.2, 0.25) is 0 Å². The average molecular weight is 284 g/mol. The topological polar surface area (TPSA) is 40.6 Å². The molecule has 1 rings (SSSR count). The van der Waals surface area contributed by atoms with Gasteiger partial charge in [0.15, 0.2) is 0 Å². The Bertz CT molecular complexity index is 287. The van der Waals surface area contributed by atoms with Gasteiger partial charge in [0.1, 0.15) is 5.54 Å². The largest absolute Gasteiger partial charge is 0.352 e. The fourth-order valence-corrected chi connectivity index (χ4v) is 2.37. The van der Waals surface area contributed by atoms with E-state index in [1.165, 1.54) is 0 Å². The van der Waals surface area contributed by atoms with Crippen molar-refractivity contribution in [3.05, 3.63) is 0 Å². The van der Waals surface area contributed by atoms with Crippen LogP contribution in [0.5, 0.6) is 0 Å². The van der Waals surface area contributed by atoms with Crippen LogP contribution in [0.1, 0.15) is 27.2 Å². The quantitative estimate of drug-likeness (QED) is 0.577. The summed E-state index contributed by atoms with van der Waals surface area (Å²) < 4.78 is 1.85. The van der Waals surface area contributed by atoms with Crippen molar-refractivity contribution < 1.29 is 9.59 Å². The van der Waals surface area contributed by atoms with Gasteiger partial charge in [0.2, 0.25) is 0 Å². The third kappa shape index (κ3) is 1.34. The van der Waals surface area contributed by atoms with Crippen LogP contribution in [-0.4, -0.2) is 25.8 Å². The molecule has 0 aromatic heterocycles. The normalized spacial score (nSPS) is 30.1. The second-order valence-electron chi connectivity index (χ2n) is 3.61. The molecule has 1 aliphatic heterocycles. The van der Waals surface area contributed by atoms with Gasteiger partial charge >= 0.3 is 6.03 Å². The smallest absolute Gasteiger partial charge is 0.271 e. The third-order valence-corrected chi connectivity index (χ3v) is 4.05. The first kappa shape index (κ1) is 11.8. The van der Waals surface area contributed by atoms with Crippen LogP contribution in [0.3, 0.4) is 0 Å². The van der Waals surface area contributed by atoms with Crippen molar-refractivity contribution >= 4 is 39.9 Å². The summed E-state index contributed by atoms with van der Waals surface area (Å²) in [6.45, 7) is 5.53. The summed E-state index contributed by atoms with van der Waals surface area (Å²) >= 11 is 8.72. The van der Waals surface area contributed by atoms with E-state index in [-0.39, 0.29) is 11.8 Å². The lowest BCUT2D eigenvalue weighted by Gasteiger charge is -2.31. The number of hydrogen-bond donors (Lipinski definition) is 0. The van der Waals surface area contributed by atoms with Crippen LogP contribution in [0, 0.1) is 5.92 Å². The SMILES string of the molecule is CCC(C)C1(C)C(=O)N(Br)C(=O)N1Cl. The van der Waals surface area contributed by atoms with Crippen molar-refractivity contribution in [2.24, 2.45) is 5.92 Å². The maximum Gasteiger partial charge on any atom is 0.352 e. The summed E-state index contributed by atoms with van der Waals surface area (Å²) in [4.78, 5) is 23.2. The molecular weight excluding hydrogens is 271 g/mol. The monoisotopic (exact) mass is 282 g/mol. The van der Waals surface area contributed by atoms with Gasteiger partial charge in [-0.25, -0.2) is 9.21 Å². The van der Waals surface area contributed by atoms with Crippen LogP contribution in [0.4, 0.5) is 4.79 Å². The number of carbonyl (C=O) groups is 2. The summed E-state index contributed by atoms with van der Waals surface area (Å²) in [5, 5.41) is 0. The van der Waals surface area contributed by atoms with Gasteiger partial charge in [0.25, 0.3) is 5.91 Å². The summed E-state index contributed by atoms with van der Waals surface area (Å²) in [6, 6.07) is -0.528. The maximum atomic E-state index is 11.8. The van der Waals surface area contributed by atoms with E-state index < -0.39 is 11.6 Å². The molecule has 14 heavy (non-hydrogen) atoms. The van der Waals surface area contributed by atoms with Gasteiger partial charge in [-0.1, -0.05) is 20.3 Å². The maximum absolute atomic E-state index is 11.8. The van der Waals surface area contributed by atoms with E-state index in [9.17, 15) is 9.59 Å². The van der Waals surface area contributed by atoms with Gasteiger partial charge in [-0.15, -0.1) is 0 Å². The fraction of sp³-hybridized carbons (Fsp3) is 0.750. The first-order chi connectivity index (χ1) is 6.37. The highest BCUT2D eigenvalue weighted by Crippen LogP contribution is 2.38. The van der Waals surface area contributed by atoms with Gasteiger partial charge in [-0.05, 0) is 12.8 Å². The van der Waals surface area contributed by atoms with E-state index in [0.29, 0.717) is 0 Å². The number of carbonyl (C=O) groups excluding carboxylic acids is 2. The van der Waals surface area contributed by atoms with E-state index in [1.807, 2.05) is 13.8 Å². The molecule has 0 bridgehead atoms. The third-order valence-electron chi connectivity index (χ3n) is 2.93. The minimum absolute atomic E-state index is 0.0130. The Morgan fingerprint density at radius 2 is 2.07 bits per heavy atom. The highest BCUT2D eigenvalue weighted by atomic mass is 79.9. The molecule has 0 aliphatic carbocycles. The van der Waals surface area contributed by atoms with E-state index >= 15 is 0 Å². The Morgan fingerprint density at radius 1 is 1.57 bits per heavy atom. The van der Waals surface area contributed by atoms with Gasteiger partial charge in [-0.3, -0.25) is 4.79 Å². The van der Waals surface area contributed by atoms with Crippen LogP contribution >= 0.6 is 27.9 Å². The summed E-state index contributed by atoms with van der Waals surface area (Å²) in [6.07, 6.45) is 0.777. The molecule has 4 nitrogen and oxygen atoms in total. The molecule has 80 valence electrons. The molecule has 2 atom stereocenters. The van der Waals surface area contributed by atoms with Crippen LogP contribution in [0.25, 0.3) is 0 Å². The second-order valence-corrected chi connectivity index (χ2v) is 4.65. The molecule has 1 saturated heterocycles. The minimum atomic E-state index is -0.948. The molecule has 0 saturated carbocycles. The van der Waals surface area contributed by atoms with Crippen molar-refractivity contribution in [2.75, 3.05) is 0 Å². The highest BCUT2D eigenvalue weighted by molar-refractivity contribution is 9.08. The highest BCUT2D eigenvalue weighted by Gasteiger charge is 2.56. The van der Waals surface area contributed by atoms with Crippen LogP contribution in [0.15, 0.2) is 0 Å². The lowest BCUT2D eigenvalue weighted by atomic mass is 9.85. The van der Waals surface area contributed by atoms with E-state index in [2.05, 4.69) is 16.1 Å². The van der Waals surface area contributed by atoms with Crippen LogP contribution < -0.4 is 0 Å². The van der Waals surface area contributed by atoms with Gasteiger partial charge in [-0.2, -0.15) is 3.93 Å². The molecule has 1 fully saturated rings. The van der Waals surface area contributed by atoms with Crippen molar-refractivity contribution in [1.29, 1.82) is 0 Å². The van der Waals surface area contributed by atoms with Crippen molar-refractivity contribution in [3.8, 4) is 0 Å². The average Bonchev–Trinajstić information content (AvgIpc) is 2.34. The lowest BCUT2D eigenvalue weighted by molar-refractivity contribution is -0.130. The first-order valence-electron chi connectivity index (χ1n) is 4.37. The Labute approximate surface area is 96.6 Å². The first-order valence-corrected chi connectivity index (χ1v) is 5.42. The number of hydrogen-bond acceptors (Lipinski definition) is 2. The summed E-state index contributed by atoms with van der Waals surface area (Å²) in [5.41, 5.74) is -0.948. The predicted octanol–water partition coefficient (Wildman–Crippen LogP) is 2.52. The Hall–Kier alpha value is -0.290. The second kappa shape index (κ2) is 3.70. The minimum Gasteiger partial charge on any atom is -0.271 e. The molecule has 0 spiro atoms. The zero-order valence-electron chi connectivity index (χ0n) is 8.25. The molecule has 0 N–H and O–H groups in total. The zero-order valence-corrected chi connectivity index (χ0v) is 10.6. The molecule has 0 aromatic rings. The lowest BCUT2D eigenvalue weighted by Crippen LogP contribution is -2.47.